The molecular formula is C17H15N3O2. The summed E-state index contributed by atoms with van der Waals surface area (Å²) in [4.78, 5) is 15.3. The van der Waals surface area contributed by atoms with Crippen LogP contribution >= 0.6 is 0 Å². The molecule has 0 unspecified atom stereocenters. The summed E-state index contributed by atoms with van der Waals surface area (Å²) in [5, 5.41) is 13.3. The zero-order chi connectivity index (χ0) is 15.4. The molecule has 110 valence electrons. The zero-order valence-corrected chi connectivity index (χ0v) is 11.9. The second-order valence-electron chi connectivity index (χ2n) is 4.93. The molecule has 0 amide bonds. The maximum Gasteiger partial charge on any atom is 0.335 e. The second kappa shape index (κ2) is 6.22. The summed E-state index contributed by atoms with van der Waals surface area (Å²) < 4.78 is 1.69. The van der Waals surface area contributed by atoms with Gasteiger partial charge in [0.15, 0.2) is 5.82 Å². The summed E-state index contributed by atoms with van der Waals surface area (Å²) >= 11 is 0. The van der Waals surface area contributed by atoms with Gasteiger partial charge in [-0.2, -0.15) is 5.10 Å². The van der Waals surface area contributed by atoms with E-state index in [2.05, 4.69) is 22.2 Å². The minimum absolute atomic E-state index is 0.203. The Labute approximate surface area is 127 Å². The van der Waals surface area contributed by atoms with Crippen LogP contribution in [0.4, 0.5) is 0 Å². The highest BCUT2D eigenvalue weighted by molar-refractivity contribution is 5.87. The van der Waals surface area contributed by atoms with E-state index in [1.807, 2.05) is 24.3 Å². The molecule has 0 bridgehead atoms. The third-order valence-corrected chi connectivity index (χ3v) is 3.44. The van der Waals surface area contributed by atoms with Crippen LogP contribution in [0.3, 0.4) is 0 Å². The number of carbonyl (C=O) groups is 1. The average Bonchev–Trinajstić information content (AvgIpc) is 3.02. The first-order valence-corrected chi connectivity index (χ1v) is 7.00. The predicted octanol–water partition coefficient (Wildman–Crippen LogP) is 2.75. The smallest absolute Gasteiger partial charge is 0.335 e. The fourth-order valence-corrected chi connectivity index (χ4v) is 2.31. The zero-order valence-electron chi connectivity index (χ0n) is 11.9. The molecule has 5 heteroatoms. The molecule has 0 aliphatic heterocycles. The lowest BCUT2D eigenvalue weighted by Crippen LogP contribution is -2.07. The van der Waals surface area contributed by atoms with Gasteiger partial charge in [0.1, 0.15) is 0 Å². The number of aromatic nitrogens is 3. The van der Waals surface area contributed by atoms with Crippen LogP contribution in [0.25, 0.3) is 5.82 Å². The standard InChI is InChI=1S/C17H15N3O2/c21-17(22)14-8-10-18-16(12-14)20-15(9-11-19-20)7-6-13-4-2-1-3-5-13/h1-5,8-12H,6-7H2,(H,21,22). The van der Waals surface area contributed by atoms with E-state index in [1.54, 1.807) is 10.9 Å². The van der Waals surface area contributed by atoms with E-state index >= 15 is 0 Å². The Morgan fingerprint density at radius 3 is 2.64 bits per heavy atom. The van der Waals surface area contributed by atoms with Crippen molar-refractivity contribution >= 4 is 5.97 Å². The molecule has 0 fully saturated rings. The van der Waals surface area contributed by atoms with Gasteiger partial charge < -0.3 is 5.11 Å². The highest BCUT2D eigenvalue weighted by atomic mass is 16.4. The number of rotatable bonds is 5. The van der Waals surface area contributed by atoms with E-state index in [9.17, 15) is 4.79 Å². The Hall–Kier alpha value is -2.95. The molecule has 0 radical (unpaired) electrons. The van der Waals surface area contributed by atoms with Crippen molar-refractivity contribution in [3.63, 3.8) is 0 Å². The van der Waals surface area contributed by atoms with Gasteiger partial charge in [-0.05, 0) is 36.6 Å². The summed E-state index contributed by atoms with van der Waals surface area (Å²) in [7, 11) is 0. The molecule has 0 aliphatic carbocycles. The van der Waals surface area contributed by atoms with E-state index in [1.165, 1.54) is 23.9 Å². The quantitative estimate of drug-likeness (QED) is 0.785. The van der Waals surface area contributed by atoms with Crippen molar-refractivity contribution in [1.82, 2.24) is 14.8 Å². The fourth-order valence-electron chi connectivity index (χ4n) is 2.31. The molecule has 0 spiro atoms. The summed E-state index contributed by atoms with van der Waals surface area (Å²) in [6.45, 7) is 0. The number of carboxylic acids is 1. The van der Waals surface area contributed by atoms with Crippen molar-refractivity contribution in [1.29, 1.82) is 0 Å². The molecule has 2 heterocycles. The van der Waals surface area contributed by atoms with Crippen LogP contribution in [-0.2, 0) is 12.8 Å². The van der Waals surface area contributed by atoms with Crippen LogP contribution in [-0.4, -0.2) is 25.8 Å². The predicted molar refractivity (Wildman–Crippen MR) is 82.2 cm³/mol. The topological polar surface area (TPSA) is 68.0 Å². The van der Waals surface area contributed by atoms with E-state index in [4.69, 9.17) is 5.11 Å². The molecule has 1 aromatic carbocycles. The third-order valence-electron chi connectivity index (χ3n) is 3.44. The molecule has 5 nitrogen and oxygen atoms in total. The first-order valence-electron chi connectivity index (χ1n) is 7.00. The molecule has 1 N–H and O–H groups in total. The number of pyridine rings is 1. The summed E-state index contributed by atoms with van der Waals surface area (Å²) in [5.41, 5.74) is 2.45. The van der Waals surface area contributed by atoms with Gasteiger partial charge >= 0.3 is 5.97 Å². The van der Waals surface area contributed by atoms with E-state index < -0.39 is 5.97 Å². The van der Waals surface area contributed by atoms with Crippen molar-refractivity contribution in [2.45, 2.75) is 12.8 Å². The van der Waals surface area contributed by atoms with Crippen LogP contribution < -0.4 is 0 Å². The van der Waals surface area contributed by atoms with Crippen LogP contribution in [0, 0.1) is 0 Å². The first-order chi connectivity index (χ1) is 10.7. The van der Waals surface area contributed by atoms with Gasteiger partial charge in [0.2, 0.25) is 0 Å². The lowest BCUT2D eigenvalue weighted by Gasteiger charge is -2.07. The summed E-state index contributed by atoms with van der Waals surface area (Å²) in [6, 6.07) is 15.1. The molecule has 0 saturated heterocycles. The monoisotopic (exact) mass is 293 g/mol. The number of aryl methyl sites for hydroxylation is 2. The van der Waals surface area contributed by atoms with Gasteiger partial charge in [0.05, 0.1) is 5.56 Å². The van der Waals surface area contributed by atoms with Crippen molar-refractivity contribution in [3.05, 3.63) is 77.7 Å². The van der Waals surface area contributed by atoms with Crippen LogP contribution in [0.2, 0.25) is 0 Å². The third kappa shape index (κ3) is 3.03. The second-order valence-corrected chi connectivity index (χ2v) is 4.93. The SMILES string of the molecule is O=C(O)c1ccnc(-n2nccc2CCc2ccccc2)c1. The fraction of sp³-hybridized carbons (Fsp3) is 0.118. The van der Waals surface area contributed by atoms with Gasteiger partial charge in [-0.25, -0.2) is 14.5 Å². The molecule has 3 aromatic rings. The van der Waals surface area contributed by atoms with Crippen molar-refractivity contribution in [2.24, 2.45) is 0 Å². The number of nitrogens with zero attached hydrogens (tertiary/aromatic N) is 3. The lowest BCUT2D eigenvalue weighted by molar-refractivity contribution is 0.0696. The van der Waals surface area contributed by atoms with Crippen molar-refractivity contribution in [3.8, 4) is 5.82 Å². The number of aromatic carboxylic acids is 1. The number of hydrogen-bond acceptors (Lipinski definition) is 3. The summed E-state index contributed by atoms with van der Waals surface area (Å²) in [6.07, 6.45) is 4.89. The van der Waals surface area contributed by atoms with Crippen molar-refractivity contribution < 1.29 is 9.90 Å². The van der Waals surface area contributed by atoms with E-state index in [-0.39, 0.29) is 5.56 Å². The van der Waals surface area contributed by atoms with Crippen LogP contribution in [0.15, 0.2) is 60.9 Å². The number of hydrogen-bond donors (Lipinski definition) is 1. The van der Waals surface area contributed by atoms with E-state index in [0.717, 1.165) is 18.5 Å². The largest absolute Gasteiger partial charge is 0.478 e. The molecule has 22 heavy (non-hydrogen) atoms. The van der Waals surface area contributed by atoms with Crippen LogP contribution in [0.5, 0.6) is 0 Å². The normalized spacial score (nSPS) is 10.5. The van der Waals surface area contributed by atoms with E-state index in [0.29, 0.717) is 5.82 Å². The van der Waals surface area contributed by atoms with Crippen molar-refractivity contribution in [2.75, 3.05) is 0 Å². The van der Waals surface area contributed by atoms with Crippen LogP contribution in [0.1, 0.15) is 21.6 Å². The molecule has 0 aliphatic rings. The highest BCUT2D eigenvalue weighted by Gasteiger charge is 2.09. The Morgan fingerprint density at radius 2 is 1.86 bits per heavy atom. The summed E-state index contributed by atoms with van der Waals surface area (Å²) in [5.74, 6) is -0.449. The molecule has 0 saturated carbocycles. The number of carboxylic acid groups (broad SMARTS) is 1. The highest BCUT2D eigenvalue weighted by Crippen LogP contribution is 2.12. The molecule has 2 aromatic heterocycles. The van der Waals surface area contributed by atoms with Gasteiger partial charge in [0.25, 0.3) is 0 Å². The Kier molecular flexibility index (Phi) is 3.96. The number of benzene rings is 1. The maximum atomic E-state index is 11.1. The maximum absolute atomic E-state index is 11.1. The van der Waals surface area contributed by atoms with Gasteiger partial charge in [-0.3, -0.25) is 0 Å². The Morgan fingerprint density at radius 1 is 1.05 bits per heavy atom. The van der Waals surface area contributed by atoms with Gasteiger partial charge in [-0.1, -0.05) is 30.3 Å². The molecule has 3 rings (SSSR count). The average molecular weight is 293 g/mol. The first kappa shape index (κ1) is 14.0. The minimum atomic E-state index is -0.971. The lowest BCUT2D eigenvalue weighted by atomic mass is 10.1. The van der Waals surface area contributed by atoms with Gasteiger partial charge in [0, 0.05) is 18.1 Å². The van der Waals surface area contributed by atoms with Gasteiger partial charge in [-0.15, -0.1) is 0 Å². The Balaban J connectivity index is 1.83. The molecule has 0 atom stereocenters. The Bertz CT molecular complexity index is 781. The molecular weight excluding hydrogens is 278 g/mol. The minimum Gasteiger partial charge on any atom is -0.478 e.